The first-order valence-corrected chi connectivity index (χ1v) is 8.16. The van der Waals surface area contributed by atoms with Crippen molar-refractivity contribution in [3.8, 4) is 5.75 Å². The van der Waals surface area contributed by atoms with Crippen molar-refractivity contribution >= 4 is 18.9 Å². The molecule has 2 aromatic rings. The zero-order valence-corrected chi connectivity index (χ0v) is 12.5. The van der Waals surface area contributed by atoms with Crippen LogP contribution in [0.5, 0.6) is 5.75 Å². The molecule has 5 N–H and O–H groups in total. The number of nitrogens with zero attached hydrogens (tertiary/aromatic N) is 2. The number of rotatable bonds is 4. The summed E-state index contributed by atoms with van der Waals surface area (Å²) in [4.78, 5) is 21.5. The summed E-state index contributed by atoms with van der Waals surface area (Å²) in [5.41, 5.74) is 1.01. The summed E-state index contributed by atoms with van der Waals surface area (Å²) in [6.45, 7) is -0.577. The van der Waals surface area contributed by atoms with Gasteiger partial charge in [-0.1, -0.05) is 0 Å². The quantitative estimate of drug-likeness (QED) is 0.459. The molecule has 1 aliphatic heterocycles. The topological polar surface area (TPSA) is 154 Å². The Balaban J connectivity index is 1.83. The summed E-state index contributed by atoms with van der Waals surface area (Å²) in [5.74, 6) is 0.0311. The zero-order chi connectivity index (χ0) is 16.8. The molecule has 0 spiro atoms. The van der Waals surface area contributed by atoms with Crippen molar-refractivity contribution in [1.29, 1.82) is 0 Å². The van der Waals surface area contributed by atoms with Crippen molar-refractivity contribution in [2.45, 2.75) is 24.5 Å². The van der Waals surface area contributed by atoms with E-state index in [4.69, 9.17) is 14.5 Å². The largest absolute Gasteiger partial charge is 0.508 e. The molecule has 4 atom stereocenters. The highest BCUT2D eigenvalue weighted by Gasteiger charge is 2.44. The lowest BCUT2D eigenvalue weighted by Gasteiger charge is -2.17. The van der Waals surface area contributed by atoms with Crippen molar-refractivity contribution in [3.05, 3.63) is 24.5 Å². The molecular formula is C12H15N2O8P. The second kappa shape index (κ2) is 5.84. The van der Waals surface area contributed by atoms with Crippen molar-refractivity contribution in [1.82, 2.24) is 9.55 Å². The summed E-state index contributed by atoms with van der Waals surface area (Å²) in [6, 6.07) is 4.43. The number of phenolic OH excluding ortho intramolecular Hbond substituents is 1. The third-order valence-corrected chi connectivity index (χ3v) is 4.06. The van der Waals surface area contributed by atoms with Crippen LogP contribution in [0.15, 0.2) is 24.5 Å². The maximum Gasteiger partial charge on any atom is 0.469 e. The van der Waals surface area contributed by atoms with E-state index in [0.717, 1.165) is 0 Å². The molecule has 1 saturated heterocycles. The number of phosphoric ester groups is 1. The number of benzene rings is 1. The second-order valence-corrected chi connectivity index (χ2v) is 6.40. The number of hydrogen-bond donors (Lipinski definition) is 5. The monoisotopic (exact) mass is 346 g/mol. The van der Waals surface area contributed by atoms with E-state index >= 15 is 0 Å². The van der Waals surface area contributed by atoms with Gasteiger partial charge < -0.3 is 34.4 Å². The third-order valence-electron chi connectivity index (χ3n) is 3.58. The second-order valence-electron chi connectivity index (χ2n) is 5.16. The Kier molecular flexibility index (Phi) is 4.15. The molecular weight excluding hydrogens is 331 g/mol. The predicted octanol–water partition coefficient (Wildman–Crippen LogP) is -0.530. The van der Waals surface area contributed by atoms with Crippen LogP contribution >= 0.6 is 7.82 Å². The number of aromatic hydroxyl groups is 1. The molecule has 11 heteroatoms. The molecule has 0 unspecified atom stereocenters. The van der Waals surface area contributed by atoms with Crippen LogP contribution in [0, 0.1) is 0 Å². The molecule has 1 aromatic heterocycles. The standard InChI is InChI=1S/C12H15N2O8P/c15-6-1-2-8-7(3-6)13-5-14(8)12-11(17)10(16)9(22-12)4-21-23(18,19)20/h1-3,5,9-12,15-17H,4H2,(H2,18,19,20)/t9-,10-,11-,12+/m1/s1. The van der Waals surface area contributed by atoms with E-state index < -0.39 is 39.0 Å². The van der Waals surface area contributed by atoms with Gasteiger partial charge in [-0.05, 0) is 12.1 Å². The van der Waals surface area contributed by atoms with E-state index in [1.807, 2.05) is 0 Å². The summed E-state index contributed by atoms with van der Waals surface area (Å²) in [6.07, 6.45) is -3.48. The number of ether oxygens (including phenoxy) is 1. The highest BCUT2D eigenvalue weighted by Crippen LogP contribution is 2.39. The summed E-state index contributed by atoms with van der Waals surface area (Å²) in [5, 5.41) is 29.5. The Morgan fingerprint density at radius 2 is 2.04 bits per heavy atom. The first-order valence-electron chi connectivity index (χ1n) is 6.63. The molecule has 3 rings (SSSR count). The highest BCUT2D eigenvalue weighted by molar-refractivity contribution is 7.46. The lowest BCUT2D eigenvalue weighted by molar-refractivity contribution is -0.0501. The van der Waals surface area contributed by atoms with Crippen LogP contribution < -0.4 is 0 Å². The van der Waals surface area contributed by atoms with Gasteiger partial charge in [0, 0.05) is 6.07 Å². The van der Waals surface area contributed by atoms with Gasteiger partial charge in [-0.15, -0.1) is 0 Å². The Labute approximate surface area is 129 Å². The highest BCUT2D eigenvalue weighted by atomic mass is 31.2. The first kappa shape index (κ1) is 16.3. The fraction of sp³-hybridized carbons (Fsp3) is 0.417. The van der Waals surface area contributed by atoms with E-state index in [-0.39, 0.29) is 5.75 Å². The van der Waals surface area contributed by atoms with Crippen LogP contribution in [-0.2, 0) is 13.8 Å². The van der Waals surface area contributed by atoms with Gasteiger partial charge in [0.25, 0.3) is 0 Å². The first-order chi connectivity index (χ1) is 10.8. The molecule has 0 saturated carbocycles. The SMILES string of the molecule is O=P(O)(O)OC[C@H]1O[C@H](n2cnc3cc(O)ccc32)[C@H](O)[C@@H]1O. The minimum absolute atomic E-state index is 0.0311. The normalized spacial score (nSPS) is 28.5. The van der Waals surface area contributed by atoms with Gasteiger partial charge in [0.1, 0.15) is 24.1 Å². The van der Waals surface area contributed by atoms with Crippen molar-refractivity contribution < 1.29 is 38.9 Å². The van der Waals surface area contributed by atoms with Crippen LogP contribution in [0.1, 0.15) is 6.23 Å². The lowest BCUT2D eigenvalue weighted by atomic mass is 10.1. The molecule has 0 aliphatic carbocycles. The van der Waals surface area contributed by atoms with Crippen molar-refractivity contribution in [2.24, 2.45) is 0 Å². The fourth-order valence-corrected chi connectivity index (χ4v) is 2.83. The Morgan fingerprint density at radius 1 is 1.30 bits per heavy atom. The van der Waals surface area contributed by atoms with Crippen LogP contribution in [0.2, 0.25) is 0 Å². The van der Waals surface area contributed by atoms with Crippen LogP contribution in [0.25, 0.3) is 11.0 Å². The van der Waals surface area contributed by atoms with Gasteiger partial charge in [-0.2, -0.15) is 0 Å². The number of aliphatic hydroxyl groups is 2. The van der Waals surface area contributed by atoms with Crippen molar-refractivity contribution in [2.75, 3.05) is 6.61 Å². The van der Waals surface area contributed by atoms with E-state index in [0.29, 0.717) is 11.0 Å². The van der Waals surface area contributed by atoms with Gasteiger partial charge in [0.2, 0.25) is 0 Å². The number of fused-ring (bicyclic) bond motifs is 1. The van der Waals surface area contributed by atoms with Crippen LogP contribution in [0.3, 0.4) is 0 Å². The Hall–Kier alpha value is -1.52. The molecule has 0 radical (unpaired) electrons. The number of phenols is 1. The maximum atomic E-state index is 10.7. The maximum absolute atomic E-state index is 10.7. The Morgan fingerprint density at radius 3 is 2.74 bits per heavy atom. The molecule has 1 aliphatic rings. The van der Waals surface area contributed by atoms with Crippen LogP contribution in [0.4, 0.5) is 0 Å². The lowest BCUT2D eigenvalue weighted by Crippen LogP contribution is -2.33. The van der Waals surface area contributed by atoms with Gasteiger partial charge in [-0.25, -0.2) is 9.55 Å². The zero-order valence-electron chi connectivity index (χ0n) is 11.6. The molecule has 1 fully saturated rings. The summed E-state index contributed by atoms with van der Waals surface area (Å²) in [7, 11) is -4.71. The molecule has 1 aromatic carbocycles. The molecule has 126 valence electrons. The predicted molar refractivity (Wildman–Crippen MR) is 75.3 cm³/mol. The molecule has 23 heavy (non-hydrogen) atoms. The van der Waals surface area contributed by atoms with Gasteiger partial charge in [-0.3, -0.25) is 4.52 Å². The molecule has 10 nitrogen and oxygen atoms in total. The number of phosphoric acid groups is 1. The fourth-order valence-electron chi connectivity index (χ4n) is 2.49. The summed E-state index contributed by atoms with van der Waals surface area (Å²) >= 11 is 0. The van der Waals surface area contributed by atoms with Crippen LogP contribution in [-0.4, -0.2) is 59.6 Å². The third kappa shape index (κ3) is 3.24. The average Bonchev–Trinajstić information content (AvgIpc) is 2.99. The van der Waals surface area contributed by atoms with E-state index in [9.17, 15) is 19.9 Å². The minimum atomic E-state index is -4.71. The smallest absolute Gasteiger partial charge is 0.469 e. The number of aromatic nitrogens is 2. The van der Waals surface area contributed by atoms with E-state index in [1.165, 1.54) is 23.0 Å². The number of imidazole rings is 1. The van der Waals surface area contributed by atoms with Gasteiger partial charge in [0.15, 0.2) is 6.23 Å². The van der Waals surface area contributed by atoms with Gasteiger partial charge in [0.05, 0.1) is 24.0 Å². The molecule has 2 heterocycles. The minimum Gasteiger partial charge on any atom is -0.508 e. The van der Waals surface area contributed by atoms with Gasteiger partial charge >= 0.3 is 7.82 Å². The molecule has 0 bridgehead atoms. The van der Waals surface area contributed by atoms with E-state index in [1.54, 1.807) is 6.07 Å². The summed E-state index contributed by atoms with van der Waals surface area (Å²) < 4.78 is 22.0. The van der Waals surface area contributed by atoms with Crippen molar-refractivity contribution in [3.63, 3.8) is 0 Å². The molecule has 0 amide bonds. The average molecular weight is 346 g/mol. The van der Waals surface area contributed by atoms with E-state index in [2.05, 4.69) is 9.51 Å². The Bertz CT molecular complexity index is 759. The number of aliphatic hydroxyl groups excluding tert-OH is 2. The number of hydrogen-bond acceptors (Lipinski definition) is 7.